The molecule has 1 atom stereocenters. The van der Waals surface area contributed by atoms with Gasteiger partial charge in [0.15, 0.2) is 0 Å². The van der Waals surface area contributed by atoms with Crippen LogP contribution < -0.4 is 10.6 Å². The van der Waals surface area contributed by atoms with Crippen LogP contribution in [-0.4, -0.2) is 23.1 Å². The Kier molecular flexibility index (Phi) is 2.04. The predicted octanol–water partition coefficient (Wildman–Crippen LogP) is 1.57. The molecule has 1 saturated heterocycles. The molecule has 3 nitrogen and oxygen atoms in total. The van der Waals surface area contributed by atoms with E-state index in [2.05, 4.69) is 35.5 Å². The van der Waals surface area contributed by atoms with Gasteiger partial charge in [-0.05, 0) is 26.3 Å². The van der Waals surface area contributed by atoms with Gasteiger partial charge >= 0.3 is 0 Å². The first kappa shape index (κ1) is 8.63. The maximum absolute atomic E-state index is 3.49. The van der Waals surface area contributed by atoms with Gasteiger partial charge in [0.25, 0.3) is 0 Å². The van der Waals surface area contributed by atoms with E-state index in [0.29, 0.717) is 6.04 Å². The van der Waals surface area contributed by atoms with Crippen molar-refractivity contribution in [2.75, 3.05) is 11.9 Å². The largest absolute Gasteiger partial charge is 0.380 e. The summed E-state index contributed by atoms with van der Waals surface area (Å²) in [6.45, 7) is 5.54. The highest BCUT2D eigenvalue weighted by Gasteiger charge is 2.29. The average molecular weight is 179 g/mol. The molecule has 3 heteroatoms. The first-order valence-corrected chi connectivity index (χ1v) is 4.80. The monoisotopic (exact) mass is 179 g/mol. The van der Waals surface area contributed by atoms with Crippen LogP contribution in [0.25, 0.3) is 0 Å². The molecule has 1 aromatic heterocycles. The lowest BCUT2D eigenvalue weighted by Gasteiger charge is -2.17. The lowest BCUT2D eigenvalue weighted by atomic mass is 10.0. The highest BCUT2D eigenvalue weighted by molar-refractivity contribution is 5.41. The summed E-state index contributed by atoms with van der Waals surface area (Å²) in [7, 11) is 0. The standard InChI is InChI=1S/C10H17N3/c1-10(2)5-9(7-12-10)13-8-3-4-11-6-8/h3-4,6,9,11-13H,5,7H2,1-2H3. The summed E-state index contributed by atoms with van der Waals surface area (Å²) in [5, 5.41) is 6.97. The molecule has 0 aliphatic carbocycles. The molecule has 3 N–H and O–H groups in total. The zero-order chi connectivity index (χ0) is 9.31. The van der Waals surface area contributed by atoms with Gasteiger partial charge in [0, 0.05) is 30.5 Å². The SMILES string of the molecule is CC1(C)CC(Nc2cc[nH]c2)CN1. The highest BCUT2D eigenvalue weighted by atomic mass is 15.1. The third-order valence-corrected chi connectivity index (χ3v) is 2.55. The number of hydrogen-bond donors (Lipinski definition) is 3. The van der Waals surface area contributed by atoms with Gasteiger partial charge < -0.3 is 15.6 Å². The molecule has 2 heterocycles. The van der Waals surface area contributed by atoms with Crippen molar-refractivity contribution in [3.63, 3.8) is 0 Å². The number of hydrogen-bond acceptors (Lipinski definition) is 2. The van der Waals surface area contributed by atoms with Crippen LogP contribution in [0.15, 0.2) is 18.5 Å². The van der Waals surface area contributed by atoms with Crippen LogP contribution in [0.4, 0.5) is 5.69 Å². The van der Waals surface area contributed by atoms with Crippen molar-refractivity contribution in [1.29, 1.82) is 0 Å². The van der Waals surface area contributed by atoms with E-state index in [4.69, 9.17) is 0 Å². The summed E-state index contributed by atoms with van der Waals surface area (Å²) in [5.41, 5.74) is 1.47. The number of rotatable bonds is 2. The summed E-state index contributed by atoms with van der Waals surface area (Å²) in [5.74, 6) is 0. The molecule has 0 radical (unpaired) electrons. The molecule has 0 spiro atoms. The topological polar surface area (TPSA) is 39.9 Å². The molecule has 0 aromatic carbocycles. The highest BCUT2D eigenvalue weighted by Crippen LogP contribution is 2.20. The van der Waals surface area contributed by atoms with Gasteiger partial charge in [-0.3, -0.25) is 0 Å². The Balaban J connectivity index is 1.91. The molecule has 13 heavy (non-hydrogen) atoms. The molecule has 1 aromatic rings. The molecule has 1 unspecified atom stereocenters. The third-order valence-electron chi connectivity index (χ3n) is 2.55. The lowest BCUT2D eigenvalue weighted by Crippen LogP contribution is -2.31. The Morgan fingerprint density at radius 1 is 1.54 bits per heavy atom. The smallest absolute Gasteiger partial charge is 0.0520 e. The Labute approximate surface area is 78.9 Å². The van der Waals surface area contributed by atoms with E-state index in [1.807, 2.05) is 12.4 Å². The second kappa shape index (κ2) is 3.07. The summed E-state index contributed by atoms with van der Waals surface area (Å²) < 4.78 is 0. The molecular weight excluding hydrogens is 162 g/mol. The van der Waals surface area contributed by atoms with Gasteiger partial charge in [-0.25, -0.2) is 0 Å². The first-order chi connectivity index (χ1) is 6.16. The molecule has 72 valence electrons. The van der Waals surface area contributed by atoms with E-state index in [9.17, 15) is 0 Å². The summed E-state index contributed by atoms with van der Waals surface area (Å²) >= 11 is 0. The fourth-order valence-corrected chi connectivity index (χ4v) is 1.91. The minimum Gasteiger partial charge on any atom is -0.380 e. The number of aromatic amines is 1. The van der Waals surface area contributed by atoms with E-state index in [1.165, 1.54) is 12.1 Å². The van der Waals surface area contributed by atoms with Crippen LogP contribution in [0.3, 0.4) is 0 Å². The molecule has 1 fully saturated rings. The minimum atomic E-state index is 0.286. The maximum atomic E-state index is 3.49. The van der Waals surface area contributed by atoms with Crippen LogP contribution >= 0.6 is 0 Å². The summed E-state index contributed by atoms with van der Waals surface area (Å²) in [6, 6.07) is 2.62. The summed E-state index contributed by atoms with van der Waals surface area (Å²) in [4.78, 5) is 3.04. The van der Waals surface area contributed by atoms with E-state index in [0.717, 1.165) is 6.54 Å². The van der Waals surface area contributed by atoms with Crippen molar-refractivity contribution in [2.45, 2.75) is 31.8 Å². The van der Waals surface area contributed by atoms with Crippen LogP contribution in [0.5, 0.6) is 0 Å². The normalized spacial score (nSPS) is 26.2. The number of nitrogens with one attached hydrogen (secondary N) is 3. The van der Waals surface area contributed by atoms with Crippen molar-refractivity contribution < 1.29 is 0 Å². The van der Waals surface area contributed by atoms with Crippen molar-refractivity contribution in [3.05, 3.63) is 18.5 Å². The molecule has 0 saturated carbocycles. The number of H-pyrrole nitrogens is 1. The van der Waals surface area contributed by atoms with E-state index in [1.54, 1.807) is 0 Å². The Morgan fingerprint density at radius 2 is 2.38 bits per heavy atom. The van der Waals surface area contributed by atoms with Crippen molar-refractivity contribution >= 4 is 5.69 Å². The lowest BCUT2D eigenvalue weighted by molar-refractivity contribution is 0.457. The zero-order valence-corrected chi connectivity index (χ0v) is 8.22. The molecular formula is C10H17N3. The number of anilines is 1. The van der Waals surface area contributed by atoms with Crippen LogP contribution in [0.2, 0.25) is 0 Å². The van der Waals surface area contributed by atoms with Gasteiger partial charge in [-0.1, -0.05) is 0 Å². The van der Waals surface area contributed by atoms with Gasteiger partial charge in [-0.2, -0.15) is 0 Å². The maximum Gasteiger partial charge on any atom is 0.0520 e. The molecule has 1 aliphatic heterocycles. The Hall–Kier alpha value is -0.960. The second-order valence-electron chi connectivity index (χ2n) is 4.41. The molecule has 1 aliphatic rings. The van der Waals surface area contributed by atoms with E-state index in [-0.39, 0.29) is 5.54 Å². The number of aromatic nitrogens is 1. The van der Waals surface area contributed by atoms with Gasteiger partial charge in [0.2, 0.25) is 0 Å². The fourth-order valence-electron chi connectivity index (χ4n) is 1.91. The van der Waals surface area contributed by atoms with Crippen molar-refractivity contribution in [2.24, 2.45) is 0 Å². The quantitative estimate of drug-likeness (QED) is 0.645. The van der Waals surface area contributed by atoms with Crippen molar-refractivity contribution in [1.82, 2.24) is 10.3 Å². The molecule has 0 bridgehead atoms. The zero-order valence-electron chi connectivity index (χ0n) is 8.22. The minimum absolute atomic E-state index is 0.286. The third kappa shape index (κ3) is 2.04. The van der Waals surface area contributed by atoms with E-state index < -0.39 is 0 Å². The van der Waals surface area contributed by atoms with Crippen molar-refractivity contribution in [3.8, 4) is 0 Å². The van der Waals surface area contributed by atoms with Crippen LogP contribution in [0, 0.1) is 0 Å². The average Bonchev–Trinajstić information content (AvgIpc) is 2.61. The van der Waals surface area contributed by atoms with Gasteiger partial charge in [0.1, 0.15) is 0 Å². The van der Waals surface area contributed by atoms with Gasteiger partial charge in [0.05, 0.1) is 5.69 Å². The van der Waals surface area contributed by atoms with Crippen LogP contribution in [-0.2, 0) is 0 Å². The van der Waals surface area contributed by atoms with Crippen LogP contribution in [0.1, 0.15) is 20.3 Å². The Bertz CT molecular complexity index is 264. The van der Waals surface area contributed by atoms with Gasteiger partial charge in [-0.15, -0.1) is 0 Å². The summed E-state index contributed by atoms with van der Waals surface area (Å²) in [6.07, 6.45) is 5.11. The first-order valence-electron chi connectivity index (χ1n) is 4.80. The second-order valence-corrected chi connectivity index (χ2v) is 4.41. The fraction of sp³-hybridized carbons (Fsp3) is 0.600. The molecule has 2 rings (SSSR count). The Morgan fingerprint density at radius 3 is 2.92 bits per heavy atom. The molecule has 0 amide bonds. The van der Waals surface area contributed by atoms with E-state index >= 15 is 0 Å². The predicted molar refractivity (Wildman–Crippen MR) is 54.9 cm³/mol.